The first-order valence-corrected chi connectivity index (χ1v) is 6.68. The van der Waals surface area contributed by atoms with Gasteiger partial charge in [-0.25, -0.2) is 4.39 Å². The molecule has 0 amide bonds. The van der Waals surface area contributed by atoms with Gasteiger partial charge in [0.05, 0.1) is 13.7 Å². The lowest BCUT2D eigenvalue weighted by Gasteiger charge is -2.23. The van der Waals surface area contributed by atoms with Gasteiger partial charge in [0.15, 0.2) is 11.6 Å². The maximum Gasteiger partial charge on any atom is 0.165 e. The summed E-state index contributed by atoms with van der Waals surface area (Å²) in [6.07, 6.45) is 0.902. The fourth-order valence-electron chi connectivity index (χ4n) is 2.16. The van der Waals surface area contributed by atoms with Crippen LogP contribution in [0.5, 0.6) is 5.75 Å². The van der Waals surface area contributed by atoms with Gasteiger partial charge in [-0.05, 0) is 37.0 Å². The summed E-state index contributed by atoms with van der Waals surface area (Å²) in [6.45, 7) is 6.34. The van der Waals surface area contributed by atoms with Crippen LogP contribution in [0.15, 0.2) is 18.2 Å². The van der Waals surface area contributed by atoms with Gasteiger partial charge < -0.3 is 15.2 Å². The number of ether oxygens (including phenoxy) is 1. The number of hydrogen-bond acceptors (Lipinski definition) is 3. The van der Waals surface area contributed by atoms with Crippen LogP contribution in [0.1, 0.15) is 38.8 Å². The van der Waals surface area contributed by atoms with Crippen molar-refractivity contribution in [3.8, 4) is 5.75 Å². The number of rotatable bonds is 7. The lowest BCUT2D eigenvalue weighted by Crippen LogP contribution is -2.35. The van der Waals surface area contributed by atoms with E-state index >= 15 is 0 Å². The molecule has 0 spiro atoms. The molecule has 0 aliphatic carbocycles. The Labute approximate surface area is 114 Å². The fraction of sp³-hybridized carbons (Fsp3) is 0.600. The van der Waals surface area contributed by atoms with Crippen LogP contribution < -0.4 is 10.1 Å². The van der Waals surface area contributed by atoms with Gasteiger partial charge in [0.2, 0.25) is 0 Å². The van der Waals surface area contributed by atoms with E-state index in [0.717, 1.165) is 12.0 Å². The predicted octanol–water partition coefficient (Wildman–Crippen LogP) is 2.89. The SMILES string of the molecule is COc1cc(C(C)NC(CO)CC(C)C)ccc1F. The highest BCUT2D eigenvalue weighted by Crippen LogP contribution is 2.23. The number of halogens is 1. The van der Waals surface area contributed by atoms with Crippen molar-refractivity contribution in [1.29, 1.82) is 0 Å². The molecule has 1 rings (SSSR count). The van der Waals surface area contributed by atoms with Crippen LogP contribution in [-0.4, -0.2) is 24.9 Å². The first-order valence-electron chi connectivity index (χ1n) is 6.68. The van der Waals surface area contributed by atoms with E-state index in [0.29, 0.717) is 5.92 Å². The number of aliphatic hydroxyl groups excluding tert-OH is 1. The van der Waals surface area contributed by atoms with E-state index < -0.39 is 0 Å². The largest absolute Gasteiger partial charge is 0.494 e. The Hall–Kier alpha value is -1.13. The van der Waals surface area contributed by atoms with Crippen molar-refractivity contribution in [3.05, 3.63) is 29.6 Å². The molecule has 0 bridgehead atoms. The van der Waals surface area contributed by atoms with Gasteiger partial charge in [-0.1, -0.05) is 19.9 Å². The number of hydrogen-bond donors (Lipinski definition) is 2. The highest BCUT2D eigenvalue weighted by molar-refractivity contribution is 5.31. The zero-order valence-corrected chi connectivity index (χ0v) is 12.1. The monoisotopic (exact) mass is 269 g/mol. The maximum absolute atomic E-state index is 13.3. The second-order valence-corrected chi connectivity index (χ2v) is 5.29. The molecule has 1 aromatic rings. The topological polar surface area (TPSA) is 41.5 Å². The van der Waals surface area contributed by atoms with Gasteiger partial charge in [0, 0.05) is 12.1 Å². The number of benzene rings is 1. The second kappa shape index (κ2) is 7.46. The molecule has 2 N–H and O–H groups in total. The van der Waals surface area contributed by atoms with E-state index in [1.807, 2.05) is 6.92 Å². The summed E-state index contributed by atoms with van der Waals surface area (Å²) < 4.78 is 18.3. The van der Waals surface area contributed by atoms with Crippen LogP contribution in [0.25, 0.3) is 0 Å². The Morgan fingerprint density at radius 1 is 1.32 bits per heavy atom. The zero-order chi connectivity index (χ0) is 14.4. The third-order valence-corrected chi connectivity index (χ3v) is 3.14. The molecule has 4 heteroatoms. The van der Waals surface area contributed by atoms with Crippen molar-refractivity contribution >= 4 is 0 Å². The summed E-state index contributed by atoms with van der Waals surface area (Å²) in [5, 5.41) is 12.7. The second-order valence-electron chi connectivity index (χ2n) is 5.29. The first kappa shape index (κ1) is 15.9. The maximum atomic E-state index is 13.3. The van der Waals surface area contributed by atoms with Crippen molar-refractivity contribution in [1.82, 2.24) is 5.32 Å². The zero-order valence-electron chi connectivity index (χ0n) is 12.1. The number of aliphatic hydroxyl groups is 1. The Bertz CT molecular complexity index is 396. The molecule has 1 aromatic carbocycles. The van der Waals surface area contributed by atoms with Crippen molar-refractivity contribution in [2.75, 3.05) is 13.7 Å². The minimum atomic E-state index is -0.362. The van der Waals surface area contributed by atoms with Crippen LogP contribution in [0.4, 0.5) is 4.39 Å². The summed E-state index contributed by atoms with van der Waals surface area (Å²) in [6, 6.07) is 4.91. The summed E-state index contributed by atoms with van der Waals surface area (Å²) in [4.78, 5) is 0. The highest BCUT2D eigenvalue weighted by atomic mass is 19.1. The Morgan fingerprint density at radius 2 is 2.00 bits per heavy atom. The Balaban J connectivity index is 2.73. The van der Waals surface area contributed by atoms with Crippen molar-refractivity contribution in [3.63, 3.8) is 0 Å². The summed E-state index contributed by atoms with van der Waals surface area (Å²) in [5.41, 5.74) is 0.945. The van der Waals surface area contributed by atoms with Crippen molar-refractivity contribution < 1.29 is 14.2 Å². The summed E-state index contributed by atoms with van der Waals surface area (Å²) >= 11 is 0. The van der Waals surface area contributed by atoms with E-state index in [9.17, 15) is 9.50 Å². The average Bonchev–Trinajstić information content (AvgIpc) is 2.37. The quantitative estimate of drug-likeness (QED) is 0.799. The van der Waals surface area contributed by atoms with Gasteiger partial charge >= 0.3 is 0 Å². The van der Waals surface area contributed by atoms with E-state index in [4.69, 9.17) is 4.74 Å². The predicted molar refractivity (Wildman–Crippen MR) is 74.8 cm³/mol. The molecule has 0 aliphatic rings. The van der Waals surface area contributed by atoms with E-state index in [2.05, 4.69) is 19.2 Å². The molecule has 0 aliphatic heterocycles. The summed E-state index contributed by atoms with van der Waals surface area (Å²) in [7, 11) is 1.45. The third-order valence-electron chi connectivity index (χ3n) is 3.14. The lowest BCUT2D eigenvalue weighted by molar-refractivity contribution is 0.215. The first-order chi connectivity index (χ1) is 8.97. The highest BCUT2D eigenvalue weighted by Gasteiger charge is 2.15. The smallest absolute Gasteiger partial charge is 0.165 e. The molecule has 0 fully saturated rings. The lowest BCUT2D eigenvalue weighted by atomic mass is 10.0. The number of methoxy groups -OCH3 is 1. The van der Waals surface area contributed by atoms with Crippen LogP contribution in [-0.2, 0) is 0 Å². The van der Waals surface area contributed by atoms with Crippen molar-refractivity contribution in [2.24, 2.45) is 5.92 Å². The fourth-order valence-corrected chi connectivity index (χ4v) is 2.16. The molecule has 0 radical (unpaired) electrons. The molecule has 0 aromatic heterocycles. The molecular formula is C15H24FNO2. The molecular weight excluding hydrogens is 245 g/mol. The van der Waals surface area contributed by atoms with Crippen LogP contribution in [0, 0.1) is 11.7 Å². The average molecular weight is 269 g/mol. The molecule has 0 saturated carbocycles. The Morgan fingerprint density at radius 3 is 2.53 bits per heavy atom. The van der Waals surface area contributed by atoms with E-state index in [1.54, 1.807) is 12.1 Å². The molecule has 2 atom stereocenters. The molecule has 108 valence electrons. The van der Waals surface area contributed by atoms with Gasteiger partial charge in [-0.3, -0.25) is 0 Å². The Kier molecular flexibility index (Phi) is 6.25. The van der Waals surface area contributed by atoms with Crippen LogP contribution >= 0.6 is 0 Å². The molecule has 0 heterocycles. The van der Waals surface area contributed by atoms with Gasteiger partial charge in [0.25, 0.3) is 0 Å². The minimum Gasteiger partial charge on any atom is -0.494 e. The van der Waals surface area contributed by atoms with Gasteiger partial charge in [-0.15, -0.1) is 0 Å². The normalized spacial score (nSPS) is 14.5. The van der Waals surface area contributed by atoms with E-state index in [1.165, 1.54) is 13.2 Å². The molecule has 2 unspecified atom stereocenters. The third kappa shape index (κ3) is 4.80. The molecule has 0 saturated heterocycles. The van der Waals surface area contributed by atoms with Crippen molar-refractivity contribution in [2.45, 2.75) is 39.3 Å². The van der Waals surface area contributed by atoms with Gasteiger partial charge in [-0.2, -0.15) is 0 Å². The minimum absolute atomic E-state index is 0.0328. The molecule has 3 nitrogen and oxygen atoms in total. The van der Waals surface area contributed by atoms with Crippen LogP contribution in [0.3, 0.4) is 0 Å². The van der Waals surface area contributed by atoms with E-state index in [-0.39, 0.29) is 30.3 Å². The van der Waals surface area contributed by atoms with Gasteiger partial charge in [0.1, 0.15) is 0 Å². The van der Waals surface area contributed by atoms with Crippen LogP contribution in [0.2, 0.25) is 0 Å². The standard InChI is InChI=1S/C15H24FNO2/c1-10(2)7-13(9-18)17-11(3)12-5-6-14(16)15(8-12)19-4/h5-6,8,10-11,13,17-18H,7,9H2,1-4H3. The summed E-state index contributed by atoms with van der Waals surface area (Å²) in [5.74, 6) is 0.398. The number of nitrogens with one attached hydrogen (secondary N) is 1. The molecule has 19 heavy (non-hydrogen) atoms.